The number of hydrogen-bond donors (Lipinski definition) is 1. The molecule has 0 aromatic heterocycles. The van der Waals surface area contributed by atoms with Crippen molar-refractivity contribution in [1.82, 2.24) is 0 Å². The van der Waals surface area contributed by atoms with E-state index in [9.17, 15) is 13.2 Å². The van der Waals surface area contributed by atoms with Crippen LogP contribution in [-0.4, -0.2) is 24.5 Å². The average molecular weight is 373 g/mol. The summed E-state index contributed by atoms with van der Waals surface area (Å²) in [5.41, 5.74) is 2.38. The van der Waals surface area contributed by atoms with Crippen molar-refractivity contribution in [2.75, 3.05) is 5.75 Å². The molecular weight excluding hydrogens is 359 g/mol. The summed E-state index contributed by atoms with van der Waals surface area (Å²) in [6.07, 6.45) is 4.68. The number of halogens is 2. The van der Waals surface area contributed by atoms with Crippen molar-refractivity contribution in [2.24, 2.45) is 5.92 Å². The highest BCUT2D eigenvalue weighted by Gasteiger charge is 2.27. The van der Waals surface area contributed by atoms with Gasteiger partial charge < -0.3 is 0 Å². The summed E-state index contributed by atoms with van der Waals surface area (Å²) in [5, 5.41) is 0.435. The van der Waals surface area contributed by atoms with Gasteiger partial charge in [0, 0.05) is 0 Å². The highest BCUT2D eigenvalue weighted by molar-refractivity contribution is 7.86. The molecule has 1 atom stereocenters. The largest absolute Gasteiger partial charge is 0.297 e. The molecule has 1 aliphatic carbocycles. The molecule has 1 N–H and O–H groups in total. The normalized spacial score (nSPS) is 20.2. The van der Waals surface area contributed by atoms with E-state index in [0.717, 1.165) is 11.1 Å². The molecule has 1 aromatic carbocycles. The fourth-order valence-electron chi connectivity index (χ4n) is 2.24. The minimum atomic E-state index is -4.41. The topological polar surface area (TPSA) is 71.4 Å². The maximum Gasteiger partial charge on any atom is 0.272 e. The van der Waals surface area contributed by atoms with Gasteiger partial charge in [-0.2, -0.15) is 8.42 Å². The van der Waals surface area contributed by atoms with Crippen molar-refractivity contribution < 1.29 is 17.8 Å². The summed E-state index contributed by atoms with van der Waals surface area (Å²) in [5.74, 6) is -2.54. The Morgan fingerprint density at radius 3 is 2.52 bits per heavy atom. The summed E-state index contributed by atoms with van der Waals surface area (Å²) >= 11 is 12.0. The molecule has 0 bridgehead atoms. The number of rotatable bonds is 4. The van der Waals surface area contributed by atoms with Gasteiger partial charge in [-0.05, 0) is 35.8 Å². The van der Waals surface area contributed by atoms with Crippen LogP contribution in [0.3, 0.4) is 0 Å². The molecule has 0 heterocycles. The lowest BCUT2D eigenvalue weighted by Crippen LogP contribution is -2.24. The van der Waals surface area contributed by atoms with Crippen LogP contribution >= 0.6 is 23.2 Å². The molecule has 122 valence electrons. The molecule has 0 fully saturated rings. The second-order valence-electron chi connectivity index (χ2n) is 5.18. The Bertz CT molecular complexity index is 835. The molecule has 7 heteroatoms. The molecule has 1 aliphatic rings. The highest BCUT2D eigenvalue weighted by Crippen LogP contribution is 2.34. The molecule has 0 aliphatic heterocycles. The first-order valence-corrected chi connectivity index (χ1v) is 9.04. The zero-order valence-electron chi connectivity index (χ0n) is 12.2. The lowest BCUT2D eigenvalue weighted by Gasteiger charge is -2.19. The Balaban J connectivity index is 2.46. The van der Waals surface area contributed by atoms with E-state index < -0.39 is 27.6 Å². The fourth-order valence-corrected chi connectivity index (χ4v) is 3.14. The molecule has 0 spiro atoms. The minimum Gasteiger partial charge on any atom is -0.297 e. The van der Waals surface area contributed by atoms with Crippen molar-refractivity contribution in [3.8, 4) is 0 Å². The second kappa shape index (κ2) is 7.01. The van der Waals surface area contributed by atoms with Crippen molar-refractivity contribution in [3.05, 3.63) is 63.2 Å². The van der Waals surface area contributed by atoms with Gasteiger partial charge >= 0.3 is 0 Å². The Hall–Kier alpha value is -1.40. The van der Waals surface area contributed by atoms with E-state index in [1.165, 1.54) is 12.2 Å². The SMILES string of the molecule is Cc1ccccc1/C=C1/C=C(Cl)C(Cl)=CC1C(=O)CS(=O)(=O)O. The number of carbonyl (C=O) groups is 1. The van der Waals surface area contributed by atoms with Gasteiger partial charge in [0.15, 0.2) is 5.78 Å². The molecule has 1 aromatic rings. The van der Waals surface area contributed by atoms with E-state index in [0.29, 0.717) is 5.57 Å². The van der Waals surface area contributed by atoms with E-state index in [-0.39, 0.29) is 10.1 Å². The minimum absolute atomic E-state index is 0.169. The lowest BCUT2D eigenvalue weighted by atomic mass is 9.89. The fraction of sp³-hybridized carbons (Fsp3) is 0.188. The summed E-state index contributed by atoms with van der Waals surface area (Å²) in [4.78, 5) is 12.2. The zero-order valence-corrected chi connectivity index (χ0v) is 14.5. The Morgan fingerprint density at radius 2 is 1.91 bits per heavy atom. The van der Waals surface area contributed by atoms with Crippen LogP contribution in [0.1, 0.15) is 11.1 Å². The predicted molar refractivity (Wildman–Crippen MR) is 91.9 cm³/mol. The average Bonchev–Trinajstić information content (AvgIpc) is 2.43. The third-order valence-electron chi connectivity index (χ3n) is 3.38. The first kappa shape index (κ1) is 17.9. The maximum absolute atomic E-state index is 12.2. The first-order valence-electron chi connectivity index (χ1n) is 6.67. The van der Waals surface area contributed by atoms with E-state index in [1.807, 2.05) is 31.2 Å². The summed E-state index contributed by atoms with van der Waals surface area (Å²) in [7, 11) is -4.41. The molecule has 2 rings (SSSR count). The van der Waals surface area contributed by atoms with Gasteiger partial charge in [0.1, 0.15) is 5.75 Å². The van der Waals surface area contributed by atoms with Crippen LogP contribution in [0.2, 0.25) is 0 Å². The molecule has 1 unspecified atom stereocenters. The summed E-state index contributed by atoms with van der Waals surface area (Å²) in [6.45, 7) is 1.92. The summed E-state index contributed by atoms with van der Waals surface area (Å²) < 4.78 is 30.8. The smallest absolute Gasteiger partial charge is 0.272 e. The van der Waals surface area contributed by atoms with Gasteiger partial charge in [0.05, 0.1) is 16.0 Å². The number of Topliss-reactive ketones (excluding diaryl/α,β-unsaturated/α-hetero) is 1. The van der Waals surface area contributed by atoms with Crippen LogP contribution in [0.5, 0.6) is 0 Å². The third kappa shape index (κ3) is 4.78. The monoisotopic (exact) mass is 372 g/mol. The van der Waals surface area contributed by atoms with Crippen molar-refractivity contribution in [2.45, 2.75) is 6.92 Å². The number of ketones is 1. The van der Waals surface area contributed by atoms with Gasteiger partial charge in [0.25, 0.3) is 10.1 Å². The lowest BCUT2D eigenvalue weighted by molar-refractivity contribution is -0.118. The number of aryl methyl sites for hydroxylation is 1. The second-order valence-corrected chi connectivity index (χ2v) is 7.44. The highest BCUT2D eigenvalue weighted by atomic mass is 35.5. The van der Waals surface area contributed by atoms with Gasteiger partial charge in [-0.15, -0.1) is 0 Å². The van der Waals surface area contributed by atoms with Crippen LogP contribution in [-0.2, 0) is 14.9 Å². The van der Waals surface area contributed by atoms with Crippen LogP contribution in [0.25, 0.3) is 6.08 Å². The first-order chi connectivity index (χ1) is 10.7. The van der Waals surface area contributed by atoms with E-state index in [2.05, 4.69) is 0 Å². The van der Waals surface area contributed by atoms with Gasteiger partial charge in [-0.1, -0.05) is 53.5 Å². The molecule has 0 amide bonds. The molecular formula is C16H14Cl2O4S. The van der Waals surface area contributed by atoms with Crippen LogP contribution in [0.4, 0.5) is 0 Å². The van der Waals surface area contributed by atoms with Gasteiger partial charge in [0.2, 0.25) is 0 Å². The maximum atomic E-state index is 12.2. The molecule has 0 radical (unpaired) electrons. The van der Waals surface area contributed by atoms with Crippen LogP contribution < -0.4 is 0 Å². The molecule has 4 nitrogen and oxygen atoms in total. The quantitative estimate of drug-likeness (QED) is 0.817. The molecule has 0 saturated heterocycles. The zero-order chi connectivity index (χ0) is 17.2. The van der Waals surface area contributed by atoms with Crippen molar-refractivity contribution >= 4 is 45.2 Å². The van der Waals surface area contributed by atoms with Crippen molar-refractivity contribution in [3.63, 3.8) is 0 Å². The molecule has 23 heavy (non-hydrogen) atoms. The van der Waals surface area contributed by atoms with E-state index in [4.69, 9.17) is 27.8 Å². The number of carbonyl (C=O) groups excluding carboxylic acids is 1. The standard InChI is InChI=1S/C16H14Cl2O4S/c1-10-4-2-3-5-11(10)6-12-7-14(17)15(18)8-13(12)16(19)9-23(20,21)22/h2-8,13H,9H2,1H3,(H,20,21,22)/b12-6-. The number of hydrogen-bond acceptors (Lipinski definition) is 3. The van der Waals surface area contributed by atoms with E-state index >= 15 is 0 Å². The summed E-state index contributed by atoms with van der Waals surface area (Å²) in [6, 6.07) is 7.52. The van der Waals surface area contributed by atoms with Gasteiger partial charge in [-0.3, -0.25) is 9.35 Å². The number of allylic oxidation sites excluding steroid dienone is 5. The van der Waals surface area contributed by atoms with E-state index in [1.54, 1.807) is 6.08 Å². The Labute approximate surface area is 144 Å². The third-order valence-corrected chi connectivity index (χ3v) is 4.76. The number of benzene rings is 1. The Morgan fingerprint density at radius 1 is 1.26 bits per heavy atom. The van der Waals surface area contributed by atoms with Crippen LogP contribution in [0.15, 0.2) is 52.1 Å². The Kier molecular flexibility index (Phi) is 5.47. The van der Waals surface area contributed by atoms with Crippen molar-refractivity contribution in [1.29, 1.82) is 0 Å². The predicted octanol–water partition coefficient (Wildman–Crippen LogP) is 3.71. The van der Waals surface area contributed by atoms with Gasteiger partial charge in [-0.25, -0.2) is 0 Å². The van der Waals surface area contributed by atoms with Crippen LogP contribution in [0, 0.1) is 12.8 Å². The molecule has 0 saturated carbocycles.